The lowest BCUT2D eigenvalue weighted by atomic mass is 10.1. The minimum atomic E-state index is -3.84. The molecule has 0 amide bonds. The first-order chi connectivity index (χ1) is 12.1. The number of sulfonamides is 1. The Morgan fingerprint density at radius 1 is 0.840 bits per heavy atom. The van der Waals surface area contributed by atoms with Crippen LogP contribution in [0.15, 0.2) is 77.8 Å². The van der Waals surface area contributed by atoms with Gasteiger partial charge in [0.15, 0.2) is 0 Å². The molecule has 0 aliphatic heterocycles. The molecule has 0 fully saturated rings. The van der Waals surface area contributed by atoms with Crippen LogP contribution in [0.4, 0.5) is 5.69 Å². The van der Waals surface area contributed by atoms with Gasteiger partial charge in [0.2, 0.25) is 0 Å². The summed E-state index contributed by atoms with van der Waals surface area (Å²) in [5, 5.41) is 11.9. The molecule has 3 aromatic carbocycles. The predicted octanol–water partition coefficient (Wildman–Crippen LogP) is 3.89. The van der Waals surface area contributed by atoms with E-state index >= 15 is 0 Å². The third-order valence-electron chi connectivity index (χ3n) is 4.03. The summed E-state index contributed by atoms with van der Waals surface area (Å²) in [6.07, 6.45) is 1.57. The molecule has 6 heteroatoms. The van der Waals surface area contributed by atoms with Crippen molar-refractivity contribution in [3.63, 3.8) is 0 Å². The van der Waals surface area contributed by atoms with E-state index in [1.54, 1.807) is 48.7 Å². The summed E-state index contributed by atoms with van der Waals surface area (Å²) in [6.45, 7) is 0. The van der Waals surface area contributed by atoms with E-state index in [1.165, 1.54) is 12.1 Å². The molecular weight excluding hydrogens is 336 g/mol. The molecule has 0 unspecified atom stereocenters. The Bertz CT molecular complexity index is 1200. The zero-order valence-electron chi connectivity index (χ0n) is 13.0. The van der Waals surface area contributed by atoms with Gasteiger partial charge in [0, 0.05) is 22.4 Å². The van der Waals surface area contributed by atoms with E-state index in [1.807, 2.05) is 12.1 Å². The highest BCUT2D eigenvalue weighted by Crippen LogP contribution is 2.32. The molecule has 0 aliphatic rings. The second-order valence-electron chi connectivity index (χ2n) is 5.61. The van der Waals surface area contributed by atoms with Gasteiger partial charge in [0.1, 0.15) is 10.6 Å². The Morgan fingerprint density at radius 3 is 2.44 bits per heavy atom. The van der Waals surface area contributed by atoms with Gasteiger partial charge in [-0.3, -0.25) is 9.71 Å². The highest BCUT2D eigenvalue weighted by atomic mass is 32.2. The minimum absolute atomic E-state index is 0.102. The molecule has 4 rings (SSSR count). The molecule has 4 aromatic rings. The maximum absolute atomic E-state index is 12.9. The van der Waals surface area contributed by atoms with Gasteiger partial charge in [0.25, 0.3) is 10.0 Å². The first-order valence-corrected chi connectivity index (χ1v) is 9.12. The summed E-state index contributed by atoms with van der Waals surface area (Å²) >= 11 is 0. The Balaban J connectivity index is 1.87. The standard InChI is InChI=1S/C19H14N2O3S/c22-17-11-10-16(14-7-1-2-8-15(14)17)21-25(23,24)18-9-3-5-13-6-4-12-20-19(13)18/h1-12,21-22H. The van der Waals surface area contributed by atoms with Gasteiger partial charge in [0.05, 0.1) is 11.2 Å². The highest BCUT2D eigenvalue weighted by Gasteiger charge is 2.19. The van der Waals surface area contributed by atoms with Crippen LogP contribution in [0.25, 0.3) is 21.7 Å². The van der Waals surface area contributed by atoms with Crippen LogP contribution in [0.3, 0.4) is 0 Å². The molecule has 25 heavy (non-hydrogen) atoms. The first-order valence-electron chi connectivity index (χ1n) is 7.63. The van der Waals surface area contributed by atoms with Gasteiger partial charge < -0.3 is 5.11 Å². The van der Waals surface area contributed by atoms with E-state index in [-0.39, 0.29) is 10.6 Å². The number of aromatic hydroxyl groups is 1. The Labute approximate surface area is 144 Å². The number of hydrogen-bond donors (Lipinski definition) is 2. The number of hydrogen-bond acceptors (Lipinski definition) is 4. The number of phenols is 1. The van der Waals surface area contributed by atoms with E-state index in [2.05, 4.69) is 9.71 Å². The van der Waals surface area contributed by atoms with Crippen LogP contribution in [0.1, 0.15) is 0 Å². The summed E-state index contributed by atoms with van der Waals surface area (Å²) < 4.78 is 28.5. The number of benzene rings is 3. The number of aromatic nitrogens is 1. The minimum Gasteiger partial charge on any atom is -0.507 e. The Hall–Kier alpha value is -3.12. The molecule has 1 heterocycles. The number of nitrogens with zero attached hydrogens (tertiary/aromatic N) is 1. The number of phenolic OH excluding ortho intramolecular Hbond substituents is 1. The van der Waals surface area contributed by atoms with Gasteiger partial charge in [-0.15, -0.1) is 0 Å². The lowest BCUT2D eigenvalue weighted by Gasteiger charge is -2.12. The maximum Gasteiger partial charge on any atom is 0.264 e. The summed E-state index contributed by atoms with van der Waals surface area (Å²) in [5.74, 6) is 0.102. The second-order valence-corrected chi connectivity index (χ2v) is 7.27. The number of fused-ring (bicyclic) bond motifs is 2. The molecule has 0 aliphatic carbocycles. The number of anilines is 1. The SMILES string of the molecule is O=S(=O)(Nc1ccc(O)c2ccccc12)c1cccc2cccnc12. The molecule has 0 spiro atoms. The topological polar surface area (TPSA) is 79.3 Å². The molecular formula is C19H14N2O3S. The molecule has 1 aromatic heterocycles. The van der Waals surface area contributed by atoms with Crippen molar-refractivity contribution in [2.45, 2.75) is 4.90 Å². The lowest BCUT2D eigenvalue weighted by Crippen LogP contribution is -2.14. The van der Waals surface area contributed by atoms with E-state index in [0.717, 1.165) is 5.39 Å². The highest BCUT2D eigenvalue weighted by molar-refractivity contribution is 7.93. The zero-order valence-corrected chi connectivity index (χ0v) is 13.9. The van der Waals surface area contributed by atoms with Crippen LogP contribution < -0.4 is 4.72 Å². The summed E-state index contributed by atoms with van der Waals surface area (Å²) in [6, 6.07) is 18.7. The smallest absolute Gasteiger partial charge is 0.264 e. The monoisotopic (exact) mass is 350 g/mol. The number of para-hydroxylation sites is 1. The quantitative estimate of drug-likeness (QED) is 0.549. The molecule has 5 nitrogen and oxygen atoms in total. The van der Waals surface area contributed by atoms with Crippen molar-refractivity contribution in [1.82, 2.24) is 4.98 Å². The number of nitrogens with one attached hydrogen (secondary N) is 1. The average molecular weight is 350 g/mol. The van der Waals surface area contributed by atoms with Gasteiger partial charge in [-0.25, -0.2) is 8.42 Å². The van der Waals surface area contributed by atoms with E-state index in [0.29, 0.717) is 22.0 Å². The molecule has 0 atom stereocenters. The number of pyridine rings is 1. The first kappa shape index (κ1) is 15.4. The normalized spacial score (nSPS) is 11.7. The molecule has 124 valence electrons. The Kier molecular flexibility index (Phi) is 3.54. The van der Waals surface area contributed by atoms with Gasteiger partial charge in [-0.05, 0) is 24.3 Å². The van der Waals surface area contributed by atoms with Crippen LogP contribution in [0.2, 0.25) is 0 Å². The summed E-state index contributed by atoms with van der Waals surface area (Å²) in [5.41, 5.74) is 0.821. The van der Waals surface area contributed by atoms with Crippen molar-refractivity contribution in [2.24, 2.45) is 0 Å². The second kappa shape index (κ2) is 5.75. The van der Waals surface area contributed by atoms with Gasteiger partial charge >= 0.3 is 0 Å². The fraction of sp³-hybridized carbons (Fsp3) is 0. The lowest BCUT2D eigenvalue weighted by molar-refractivity contribution is 0.481. The fourth-order valence-corrected chi connectivity index (χ4v) is 4.13. The van der Waals surface area contributed by atoms with Gasteiger partial charge in [-0.2, -0.15) is 0 Å². The third kappa shape index (κ3) is 2.66. The molecule has 0 bridgehead atoms. The largest absolute Gasteiger partial charge is 0.507 e. The predicted molar refractivity (Wildman–Crippen MR) is 98.2 cm³/mol. The van der Waals surface area contributed by atoms with E-state index in [9.17, 15) is 13.5 Å². The molecule has 0 saturated carbocycles. The van der Waals surface area contributed by atoms with E-state index < -0.39 is 10.0 Å². The van der Waals surface area contributed by atoms with Crippen LogP contribution >= 0.6 is 0 Å². The molecule has 0 saturated heterocycles. The summed E-state index contributed by atoms with van der Waals surface area (Å²) in [4.78, 5) is 4.32. The Morgan fingerprint density at radius 2 is 1.60 bits per heavy atom. The number of rotatable bonds is 3. The third-order valence-corrected chi connectivity index (χ3v) is 5.43. The van der Waals surface area contributed by atoms with E-state index in [4.69, 9.17) is 0 Å². The molecule has 2 N–H and O–H groups in total. The molecule has 0 radical (unpaired) electrons. The van der Waals surface area contributed by atoms with Crippen LogP contribution in [-0.2, 0) is 10.0 Å². The van der Waals surface area contributed by atoms with Crippen molar-refractivity contribution >= 4 is 37.4 Å². The van der Waals surface area contributed by atoms with Crippen molar-refractivity contribution in [3.8, 4) is 5.75 Å². The zero-order chi connectivity index (χ0) is 17.4. The maximum atomic E-state index is 12.9. The summed E-state index contributed by atoms with van der Waals surface area (Å²) in [7, 11) is -3.84. The van der Waals surface area contributed by atoms with Crippen molar-refractivity contribution in [1.29, 1.82) is 0 Å². The fourth-order valence-electron chi connectivity index (χ4n) is 2.86. The van der Waals surface area contributed by atoms with Crippen LogP contribution in [0.5, 0.6) is 5.75 Å². The van der Waals surface area contributed by atoms with Gasteiger partial charge in [-0.1, -0.05) is 42.5 Å². The van der Waals surface area contributed by atoms with Crippen LogP contribution in [0, 0.1) is 0 Å². The van der Waals surface area contributed by atoms with Crippen LogP contribution in [-0.4, -0.2) is 18.5 Å². The van der Waals surface area contributed by atoms with Crippen molar-refractivity contribution in [3.05, 3.63) is 72.9 Å². The van der Waals surface area contributed by atoms with Crippen molar-refractivity contribution in [2.75, 3.05) is 4.72 Å². The average Bonchev–Trinajstić information content (AvgIpc) is 2.64. The van der Waals surface area contributed by atoms with Crippen molar-refractivity contribution < 1.29 is 13.5 Å².